The number of carbonyl (C=O) groups excluding carboxylic acids is 1. The van der Waals surface area contributed by atoms with Gasteiger partial charge < -0.3 is 5.32 Å². The molecular formula is C10H17NO. The van der Waals surface area contributed by atoms with E-state index in [0.717, 1.165) is 18.3 Å². The third-order valence-electron chi connectivity index (χ3n) is 3.61. The lowest BCUT2D eigenvalue weighted by Crippen LogP contribution is -2.23. The number of rotatable bonds is 2. The Labute approximate surface area is 73.7 Å². The lowest BCUT2D eigenvalue weighted by Gasteiger charge is -2.20. The zero-order valence-electron chi connectivity index (χ0n) is 7.68. The third kappa shape index (κ3) is 1.35. The fraction of sp³-hybridized carbons (Fsp3) is 0.900. The molecule has 2 bridgehead atoms. The number of nitrogens with one attached hydrogen (secondary N) is 1. The van der Waals surface area contributed by atoms with Crippen molar-refractivity contribution in [3.8, 4) is 0 Å². The maximum absolute atomic E-state index is 11.1. The summed E-state index contributed by atoms with van der Waals surface area (Å²) in [6, 6.07) is 0. The fourth-order valence-corrected chi connectivity index (χ4v) is 2.97. The Morgan fingerprint density at radius 2 is 2.25 bits per heavy atom. The normalized spacial score (nSPS) is 38.6. The summed E-state index contributed by atoms with van der Waals surface area (Å²) in [6.07, 6.45) is 6.30. The maximum Gasteiger partial charge on any atom is 0.220 e. The molecule has 0 aromatic heterocycles. The van der Waals surface area contributed by atoms with Gasteiger partial charge in [-0.2, -0.15) is 0 Å². The summed E-state index contributed by atoms with van der Waals surface area (Å²) in [6.45, 7) is 0. The Hall–Kier alpha value is -0.530. The van der Waals surface area contributed by atoms with Gasteiger partial charge in [-0.05, 0) is 37.0 Å². The molecule has 2 saturated carbocycles. The van der Waals surface area contributed by atoms with Crippen LogP contribution in [0, 0.1) is 17.8 Å². The van der Waals surface area contributed by atoms with Gasteiger partial charge in [0.15, 0.2) is 0 Å². The Bertz CT molecular complexity index is 190. The average Bonchev–Trinajstić information content (AvgIpc) is 2.64. The van der Waals surface area contributed by atoms with E-state index in [9.17, 15) is 4.79 Å². The summed E-state index contributed by atoms with van der Waals surface area (Å²) in [7, 11) is 1.73. The second-order valence-electron chi connectivity index (χ2n) is 4.31. The minimum atomic E-state index is 0.229. The molecule has 68 valence electrons. The molecule has 0 radical (unpaired) electrons. The van der Waals surface area contributed by atoms with Crippen LogP contribution < -0.4 is 5.32 Å². The van der Waals surface area contributed by atoms with E-state index in [0.29, 0.717) is 5.92 Å². The third-order valence-corrected chi connectivity index (χ3v) is 3.61. The molecule has 2 rings (SSSR count). The van der Waals surface area contributed by atoms with Crippen LogP contribution in [-0.4, -0.2) is 13.0 Å². The molecule has 2 fully saturated rings. The Kier molecular flexibility index (Phi) is 2.07. The van der Waals surface area contributed by atoms with Crippen LogP contribution >= 0.6 is 0 Å². The predicted octanol–water partition coefficient (Wildman–Crippen LogP) is 1.56. The molecule has 3 unspecified atom stereocenters. The van der Waals surface area contributed by atoms with Crippen LogP contribution in [0.1, 0.15) is 32.1 Å². The minimum Gasteiger partial charge on any atom is -0.359 e. The number of hydrogen-bond acceptors (Lipinski definition) is 1. The van der Waals surface area contributed by atoms with Gasteiger partial charge >= 0.3 is 0 Å². The number of hydrogen-bond donors (Lipinski definition) is 1. The molecular weight excluding hydrogens is 150 g/mol. The standard InChI is InChI=1S/C10H17NO/c1-11-10(12)6-9-5-7-2-3-8(9)4-7/h7-9H,2-6H2,1H3,(H,11,12). The smallest absolute Gasteiger partial charge is 0.220 e. The Morgan fingerprint density at radius 1 is 1.42 bits per heavy atom. The summed E-state index contributed by atoms with van der Waals surface area (Å²) < 4.78 is 0. The molecule has 0 aliphatic heterocycles. The highest BCUT2D eigenvalue weighted by Crippen LogP contribution is 2.49. The molecule has 0 aromatic rings. The summed E-state index contributed by atoms with van der Waals surface area (Å²) in [5.74, 6) is 2.79. The minimum absolute atomic E-state index is 0.229. The molecule has 2 aliphatic carbocycles. The van der Waals surface area contributed by atoms with E-state index in [1.807, 2.05) is 0 Å². The molecule has 0 spiro atoms. The number of carbonyl (C=O) groups is 1. The zero-order chi connectivity index (χ0) is 8.55. The molecule has 0 heterocycles. The maximum atomic E-state index is 11.1. The lowest BCUT2D eigenvalue weighted by molar-refractivity contribution is -0.121. The van der Waals surface area contributed by atoms with Crippen molar-refractivity contribution < 1.29 is 4.79 Å². The Balaban J connectivity index is 1.86. The van der Waals surface area contributed by atoms with Gasteiger partial charge in [-0.1, -0.05) is 6.42 Å². The van der Waals surface area contributed by atoms with Crippen molar-refractivity contribution >= 4 is 5.91 Å². The quantitative estimate of drug-likeness (QED) is 0.664. The van der Waals surface area contributed by atoms with Crippen molar-refractivity contribution in [3.05, 3.63) is 0 Å². The largest absolute Gasteiger partial charge is 0.359 e. The van der Waals surface area contributed by atoms with Gasteiger partial charge in [0.25, 0.3) is 0 Å². The molecule has 1 amide bonds. The molecule has 0 saturated heterocycles. The van der Waals surface area contributed by atoms with Gasteiger partial charge in [0.1, 0.15) is 0 Å². The highest BCUT2D eigenvalue weighted by molar-refractivity contribution is 5.75. The summed E-state index contributed by atoms with van der Waals surface area (Å²) in [4.78, 5) is 11.1. The highest BCUT2D eigenvalue weighted by Gasteiger charge is 2.39. The van der Waals surface area contributed by atoms with Gasteiger partial charge in [-0.3, -0.25) is 4.79 Å². The summed E-state index contributed by atoms with van der Waals surface area (Å²) >= 11 is 0. The second-order valence-corrected chi connectivity index (χ2v) is 4.31. The topological polar surface area (TPSA) is 29.1 Å². The van der Waals surface area contributed by atoms with E-state index in [-0.39, 0.29) is 5.91 Å². The first kappa shape index (κ1) is 8.09. The van der Waals surface area contributed by atoms with Gasteiger partial charge in [-0.15, -0.1) is 0 Å². The number of amides is 1. The van der Waals surface area contributed by atoms with Crippen LogP contribution in [0.25, 0.3) is 0 Å². The van der Waals surface area contributed by atoms with Crippen LogP contribution in [0.3, 0.4) is 0 Å². The van der Waals surface area contributed by atoms with Crippen molar-refractivity contribution in [2.45, 2.75) is 32.1 Å². The molecule has 0 aromatic carbocycles. The van der Waals surface area contributed by atoms with Crippen LogP contribution in [-0.2, 0) is 4.79 Å². The van der Waals surface area contributed by atoms with Crippen LogP contribution in [0.2, 0.25) is 0 Å². The molecule has 3 atom stereocenters. The molecule has 1 N–H and O–H groups in total. The van der Waals surface area contributed by atoms with Crippen LogP contribution in [0.4, 0.5) is 0 Å². The van der Waals surface area contributed by atoms with Gasteiger partial charge in [0, 0.05) is 13.5 Å². The van der Waals surface area contributed by atoms with Gasteiger partial charge in [0.2, 0.25) is 5.91 Å². The van der Waals surface area contributed by atoms with Gasteiger partial charge in [-0.25, -0.2) is 0 Å². The van der Waals surface area contributed by atoms with Crippen LogP contribution in [0.15, 0.2) is 0 Å². The van der Waals surface area contributed by atoms with Crippen molar-refractivity contribution in [3.63, 3.8) is 0 Å². The van der Waals surface area contributed by atoms with E-state index in [4.69, 9.17) is 0 Å². The van der Waals surface area contributed by atoms with E-state index in [2.05, 4.69) is 5.32 Å². The highest BCUT2D eigenvalue weighted by atomic mass is 16.1. The molecule has 12 heavy (non-hydrogen) atoms. The lowest BCUT2D eigenvalue weighted by atomic mass is 9.86. The second kappa shape index (κ2) is 3.08. The van der Waals surface area contributed by atoms with Gasteiger partial charge in [0.05, 0.1) is 0 Å². The molecule has 2 nitrogen and oxygen atoms in total. The predicted molar refractivity (Wildman–Crippen MR) is 47.6 cm³/mol. The first-order valence-electron chi connectivity index (χ1n) is 5.00. The molecule has 2 heteroatoms. The van der Waals surface area contributed by atoms with E-state index in [1.54, 1.807) is 7.05 Å². The van der Waals surface area contributed by atoms with Crippen LogP contribution in [0.5, 0.6) is 0 Å². The Morgan fingerprint density at radius 3 is 2.75 bits per heavy atom. The first-order valence-corrected chi connectivity index (χ1v) is 5.00. The zero-order valence-corrected chi connectivity index (χ0v) is 7.68. The molecule has 2 aliphatic rings. The van der Waals surface area contributed by atoms with E-state index >= 15 is 0 Å². The van der Waals surface area contributed by atoms with Crippen molar-refractivity contribution in [2.75, 3.05) is 7.05 Å². The summed E-state index contributed by atoms with van der Waals surface area (Å²) in [5, 5.41) is 2.71. The monoisotopic (exact) mass is 167 g/mol. The SMILES string of the molecule is CNC(=O)CC1CC2CCC1C2. The number of fused-ring (bicyclic) bond motifs is 2. The van der Waals surface area contributed by atoms with Crippen molar-refractivity contribution in [1.82, 2.24) is 5.32 Å². The van der Waals surface area contributed by atoms with Crippen molar-refractivity contribution in [1.29, 1.82) is 0 Å². The van der Waals surface area contributed by atoms with E-state index < -0.39 is 0 Å². The fourth-order valence-electron chi connectivity index (χ4n) is 2.97. The van der Waals surface area contributed by atoms with Crippen molar-refractivity contribution in [2.24, 2.45) is 17.8 Å². The summed E-state index contributed by atoms with van der Waals surface area (Å²) in [5.41, 5.74) is 0. The van der Waals surface area contributed by atoms with E-state index in [1.165, 1.54) is 25.7 Å². The first-order chi connectivity index (χ1) is 5.79. The average molecular weight is 167 g/mol.